The van der Waals surface area contributed by atoms with Gasteiger partial charge >= 0.3 is 0 Å². The fraction of sp³-hybridized carbons (Fsp3) is 0. The molecule has 0 unspecified atom stereocenters. The SMILES string of the molecule is C#Cc1cc2cc(C#C)c3ccc4ccccc4c3c2c2c1ccc1ccccc12. The molecule has 136 valence electrons. The molecule has 0 radical (unpaired) electrons. The van der Waals surface area contributed by atoms with Gasteiger partial charge in [-0.05, 0) is 66.0 Å². The van der Waals surface area contributed by atoms with Crippen LogP contribution in [-0.4, -0.2) is 0 Å². The van der Waals surface area contributed by atoms with E-state index in [9.17, 15) is 0 Å². The van der Waals surface area contributed by atoms with Crippen molar-refractivity contribution in [3.8, 4) is 24.7 Å². The Hall–Kier alpha value is -4.26. The summed E-state index contributed by atoms with van der Waals surface area (Å²) in [6.45, 7) is 0. The van der Waals surface area contributed by atoms with Crippen LogP contribution in [0.15, 0.2) is 84.9 Å². The summed E-state index contributed by atoms with van der Waals surface area (Å²) in [6, 6.07) is 29.8. The van der Waals surface area contributed by atoms with Gasteiger partial charge in [-0.15, -0.1) is 12.8 Å². The second-order valence-corrected chi connectivity index (χ2v) is 7.65. The van der Waals surface area contributed by atoms with Crippen LogP contribution in [0.3, 0.4) is 0 Å². The molecule has 0 saturated heterocycles. The number of hydrogen-bond donors (Lipinski definition) is 0. The van der Waals surface area contributed by atoms with E-state index < -0.39 is 0 Å². The largest absolute Gasteiger partial charge is 0.115 e. The van der Waals surface area contributed by atoms with Gasteiger partial charge in [-0.25, -0.2) is 0 Å². The molecule has 0 nitrogen and oxygen atoms in total. The second-order valence-electron chi connectivity index (χ2n) is 7.65. The van der Waals surface area contributed by atoms with Gasteiger partial charge in [0.25, 0.3) is 0 Å². The van der Waals surface area contributed by atoms with Gasteiger partial charge in [0.1, 0.15) is 0 Å². The molecule has 0 aliphatic heterocycles. The van der Waals surface area contributed by atoms with Crippen LogP contribution in [0.2, 0.25) is 0 Å². The summed E-state index contributed by atoms with van der Waals surface area (Å²) in [5, 5.41) is 11.7. The zero-order valence-corrected chi connectivity index (χ0v) is 16.2. The number of rotatable bonds is 0. The molecular weight excluding hydrogens is 360 g/mol. The Balaban J connectivity index is 2.07. The van der Waals surface area contributed by atoms with Crippen molar-refractivity contribution in [1.82, 2.24) is 0 Å². The molecule has 0 fully saturated rings. The van der Waals surface area contributed by atoms with Gasteiger partial charge in [-0.1, -0.05) is 84.6 Å². The molecule has 0 aliphatic carbocycles. The van der Waals surface area contributed by atoms with E-state index in [0.29, 0.717) is 0 Å². The van der Waals surface area contributed by atoms with Gasteiger partial charge in [0.15, 0.2) is 0 Å². The van der Waals surface area contributed by atoms with Gasteiger partial charge in [-0.2, -0.15) is 0 Å². The van der Waals surface area contributed by atoms with Gasteiger partial charge in [-0.3, -0.25) is 0 Å². The average molecular weight is 376 g/mol. The lowest BCUT2D eigenvalue weighted by atomic mass is 9.87. The molecule has 0 heteroatoms. The maximum absolute atomic E-state index is 5.93. The number of benzene rings is 6. The Bertz CT molecular complexity index is 1620. The monoisotopic (exact) mass is 376 g/mol. The third kappa shape index (κ3) is 2.14. The highest BCUT2D eigenvalue weighted by atomic mass is 14.2. The average Bonchev–Trinajstić information content (AvgIpc) is 2.81. The molecular formula is C30H16. The number of fused-ring (bicyclic) bond motifs is 9. The third-order valence-corrected chi connectivity index (χ3v) is 6.14. The van der Waals surface area contributed by atoms with Crippen molar-refractivity contribution in [2.24, 2.45) is 0 Å². The highest BCUT2D eigenvalue weighted by Crippen LogP contribution is 2.41. The first-order valence-electron chi connectivity index (χ1n) is 9.96. The molecule has 0 N–H and O–H groups in total. The third-order valence-electron chi connectivity index (χ3n) is 6.14. The Morgan fingerprint density at radius 1 is 0.433 bits per heavy atom. The highest BCUT2D eigenvalue weighted by molar-refractivity contribution is 6.33. The lowest BCUT2D eigenvalue weighted by Gasteiger charge is -2.15. The molecule has 6 aromatic carbocycles. The normalized spacial score (nSPS) is 11.3. The first-order chi connectivity index (χ1) is 14.8. The molecule has 0 aliphatic rings. The van der Waals surface area contributed by atoms with Crippen LogP contribution in [0.25, 0.3) is 53.9 Å². The second kappa shape index (κ2) is 6.12. The van der Waals surface area contributed by atoms with E-state index in [1.165, 1.54) is 37.7 Å². The molecule has 0 heterocycles. The van der Waals surface area contributed by atoms with E-state index in [2.05, 4.69) is 96.8 Å². The van der Waals surface area contributed by atoms with Crippen LogP contribution in [0, 0.1) is 24.7 Å². The molecule has 0 aromatic heterocycles. The maximum atomic E-state index is 5.93. The van der Waals surface area contributed by atoms with Crippen LogP contribution in [0.1, 0.15) is 11.1 Å². The van der Waals surface area contributed by atoms with Crippen molar-refractivity contribution in [2.45, 2.75) is 0 Å². The molecule has 0 bridgehead atoms. The Morgan fingerprint density at radius 2 is 0.900 bits per heavy atom. The fourth-order valence-electron chi connectivity index (χ4n) is 4.84. The zero-order valence-electron chi connectivity index (χ0n) is 16.2. The first kappa shape index (κ1) is 16.7. The number of hydrogen-bond acceptors (Lipinski definition) is 0. The summed E-state index contributed by atoms with van der Waals surface area (Å²) in [7, 11) is 0. The smallest absolute Gasteiger partial charge is 0.0327 e. The summed E-state index contributed by atoms with van der Waals surface area (Å²) < 4.78 is 0. The van der Waals surface area contributed by atoms with E-state index in [-0.39, 0.29) is 0 Å². The van der Waals surface area contributed by atoms with Crippen molar-refractivity contribution in [3.63, 3.8) is 0 Å². The predicted octanol–water partition coefficient (Wildman–Crippen LogP) is 7.42. The van der Waals surface area contributed by atoms with Gasteiger partial charge in [0.2, 0.25) is 0 Å². The fourth-order valence-corrected chi connectivity index (χ4v) is 4.84. The minimum absolute atomic E-state index is 0.894. The quantitative estimate of drug-likeness (QED) is 0.191. The molecule has 30 heavy (non-hydrogen) atoms. The summed E-state index contributed by atoms with van der Waals surface area (Å²) in [5.41, 5.74) is 1.79. The maximum Gasteiger partial charge on any atom is 0.0327 e. The van der Waals surface area contributed by atoms with E-state index in [1.54, 1.807) is 0 Å². The lowest BCUT2D eigenvalue weighted by Crippen LogP contribution is -1.90. The molecule has 6 rings (SSSR count). The van der Waals surface area contributed by atoms with Crippen molar-refractivity contribution >= 4 is 53.9 Å². The summed E-state index contributed by atoms with van der Waals surface area (Å²) in [5.74, 6) is 5.80. The Labute approximate surface area is 174 Å². The number of terminal acetylenes is 2. The van der Waals surface area contributed by atoms with E-state index in [4.69, 9.17) is 12.8 Å². The zero-order chi connectivity index (χ0) is 20.2. The minimum Gasteiger partial charge on any atom is -0.115 e. The Morgan fingerprint density at radius 3 is 1.37 bits per heavy atom. The molecule has 0 saturated carbocycles. The molecule has 0 atom stereocenters. The van der Waals surface area contributed by atoms with Crippen LogP contribution >= 0.6 is 0 Å². The van der Waals surface area contributed by atoms with Crippen molar-refractivity contribution < 1.29 is 0 Å². The van der Waals surface area contributed by atoms with Crippen LogP contribution in [0.4, 0.5) is 0 Å². The Kier molecular flexibility index (Phi) is 3.40. The minimum atomic E-state index is 0.894. The molecule has 0 amide bonds. The highest BCUT2D eigenvalue weighted by Gasteiger charge is 2.15. The van der Waals surface area contributed by atoms with Crippen molar-refractivity contribution in [3.05, 3.63) is 96.1 Å². The van der Waals surface area contributed by atoms with E-state index in [1.807, 2.05) is 0 Å². The summed E-state index contributed by atoms with van der Waals surface area (Å²) >= 11 is 0. The lowest BCUT2D eigenvalue weighted by molar-refractivity contribution is 1.74. The van der Waals surface area contributed by atoms with Crippen LogP contribution in [0.5, 0.6) is 0 Å². The van der Waals surface area contributed by atoms with E-state index in [0.717, 1.165) is 27.3 Å². The van der Waals surface area contributed by atoms with Crippen LogP contribution in [-0.2, 0) is 0 Å². The summed E-state index contributed by atoms with van der Waals surface area (Å²) in [4.78, 5) is 0. The predicted molar refractivity (Wildman–Crippen MR) is 130 cm³/mol. The standard InChI is InChI=1S/C30H16/c1-3-19-17-23-18-20(4-2)27-16-14-22-10-6-8-12-25(22)30(27)28(23)29-24-11-7-5-9-21(24)13-15-26(19)29/h1-2,5-18H. The van der Waals surface area contributed by atoms with Crippen LogP contribution < -0.4 is 0 Å². The first-order valence-corrected chi connectivity index (χ1v) is 9.96. The molecule has 0 spiro atoms. The van der Waals surface area contributed by atoms with Gasteiger partial charge in [0, 0.05) is 11.1 Å². The van der Waals surface area contributed by atoms with Gasteiger partial charge < -0.3 is 0 Å². The topological polar surface area (TPSA) is 0 Å². The van der Waals surface area contributed by atoms with Crippen molar-refractivity contribution in [2.75, 3.05) is 0 Å². The molecule has 6 aromatic rings. The van der Waals surface area contributed by atoms with Gasteiger partial charge in [0.05, 0.1) is 0 Å². The van der Waals surface area contributed by atoms with Crippen molar-refractivity contribution in [1.29, 1.82) is 0 Å². The summed E-state index contributed by atoms with van der Waals surface area (Å²) in [6.07, 6.45) is 11.9. The van der Waals surface area contributed by atoms with E-state index >= 15 is 0 Å².